The number of pyridine rings is 2. The number of nitrogens with one attached hydrogen (secondary N) is 1. The number of fused-ring (bicyclic) bond motifs is 1. The standard InChI is InChI=1S/C24H24N6O2/c1-16-3-4-18(14-25-16)22-13-23(29-24(28-22)30-7-9-32-10-8-30)27-19-11-17-5-6-20(31-2)12-21(17)26-15-19/h3-6,11-15H,7-10H2,1-2H3,(H,27,28,29). The SMILES string of the molecule is COc1ccc2cc(Nc3cc(-c4ccc(C)nc4)nc(N4CCOCC4)n3)cnc2c1. The summed E-state index contributed by atoms with van der Waals surface area (Å²) in [6, 6.07) is 13.8. The molecule has 0 amide bonds. The van der Waals surface area contributed by atoms with E-state index in [1.54, 1.807) is 13.3 Å². The molecule has 8 nitrogen and oxygen atoms in total. The van der Waals surface area contributed by atoms with Crippen LogP contribution in [0.3, 0.4) is 0 Å². The van der Waals surface area contributed by atoms with E-state index in [0.29, 0.717) is 25.0 Å². The monoisotopic (exact) mass is 428 g/mol. The zero-order chi connectivity index (χ0) is 21.9. The molecule has 3 aromatic heterocycles. The maximum atomic E-state index is 5.49. The highest BCUT2D eigenvalue weighted by Crippen LogP contribution is 2.27. The van der Waals surface area contributed by atoms with Crippen LogP contribution in [-0.4, -0.2) is 53.3 Å². The summed E-state index contributed by atoms with van der Waals surface area (Å²) in [5.74, 6) is 2.16. The summed E-state index contributed by atoms with van der Waals surface area (Å²) in [4.78, 5) is 20.7. The minimum Gasteiger partial charge on any atom is -0.497 e. The van der Waals surface area contributed by atoms with Crippen molar-refractivity contribution in [1.82, 2.24) is 19.9 Å². The summed E-state index contributed by atoms with van der Waals surface area (Å²) in [5.41, 5.74) is 4.45. The van der Waals surface area contributed by atoms with Crippen LogP contribution in [0.5, 0.6) is 5.75 Å². The fourth-order valence-corrected chi connectivity index (χ4v) is 3.61. The highest BCUT2D eigenvalue weighted by atomic mass is 16.5. The fraction of sp³-hybridized carbons (Fsp3) is 0.250. The molecule has 0 spiro atoms. The van der Waals surface area contributed by atoms with Crippen LogP contribution in [0.4, 0.5) is 17.5 Å². The van der Waals surface area contributed by atoms with E-state index in [-0.39, 0.29) is 0 Å². The van der Waals surface area contributed by atoms with Gasteiger partial charge in [-0.3, -0.25) is 9.97 Å². The van der Waals surface area contributed by atoms with Crippen molar-refractivity contribution in [3.05, 3.63) is 60.6 Å². The number of anilines is 3. The molecule has 4 aromatic rings. The molecule has 0 saturated carbocycles. The van der Waals surface area contributed by atoms with Gasteiger partial charge in [0.05, 0.1) is 43.4 Å². The van der Waals surface area contributed by atoms with Gasteiger partial charge in [-0.2, -0.15) is 4.98 Å². The van der Waals surface area contributed by atoms with Crippen LogP contribution in [0.25, 0.3) is 22.2 Å². The lowest BCUT2D eigenvalue weighted by Crippen LogP contribution is -2.37. The Morgan fingerprint density at radius 1 is 0.969 bits per heavy atom. The smallest absolute Gasteiger partial charge is 0.228 e. The fourth-order valence-electron chi connectivity index (χ4n) is 3.61. The van der Waals surface area contributed by atoms with Crippen molar-refractivity contribution in [2.75, 3.05) is 43.6 Å². The summed E-state index contributed by atoms with van der Waals surface area (Å²) in [7, 11) is 1.65. The molecular weight excluding hydrogens is 404 g/mol. The molecule has 0 aliphatic carbocycles. The molecule has 4 heterocycles. The molecule has 0 atom stereocenters. The van der Waals surface area contributed by atoms with Gasteiger partial charge < -0.3 is 19.7 Å². The van der Waals surface area contributed by atoms with E-state index in [0.717, 1.165) is 52.4 Å². The van der Waals surface area contributed by atoms with Crippen LogP contribution in [0.2, 0.25) is 0 Å². The second-order valence-electron chi connectivity index (χ2n) is 7.63. The van der Waals surface area contributed by atoms with E-state index in [1.807, 2.05) is 55.6 Å². The third kappa shape index (κ3) is 4.31. The average molecular weight is 428 g/mol. The summed E-state index contributed by atoms with van der Waals surface area (Å²) in [6.07, 6.45) is 3.64. The highest BCUT2D eigenvalue weighted by Gasteiger charge is 2.17. The Morgan fingerprint density at radius 2 is 1.84 bits per heavy atom. The first-order valence-corrected chi connectivity index (χ1v) is 10.5. The van der Waals surface area contributed by atoms with Crippen LogP contribution in [0, 0.1) is 6.92 Å². The summed E-state index contributed by atoms with van der Waals surface area (Å²) in [5, 5.41) is 4.42. The van der Waals surface area contributed by atoms with Gasteiger partial charge in [0, 0.05) is 48.1 Å². The molecular formula is C24H24N6O2. The van der Waals surface area contributed by atoms with E-state index < -0.39 is 0 Å². The van der Waals surface area contributed by atoms with E-state index in [1.165, 1.54) is 0 Å². The number of aromatic nitrogens is 4. The molecule has 1 saturated heterocycles. The second-order valence-corrected chi connectivity index (χ2v) is 7.63. The minimum atomic E-state index is 0.667. The van der Waals surface area contributed by atoms with E-state index in [4.69, 9.17) is 19.4 Å². The third-order valence-corrected chi connectivity index (χ3v) is 5.38. The molecule has 5 rings (SSSR count). The van der Waals surface area contributed by atoms with Crippen molar-refractivity contribution >= 4 is 28.4 Å². The van der Waals surface area contributed by atoms with Gasteiger partial charge in [0.15, 0.2) is 0 Å². The van der Waals surface area contributed by atoms with E-state index in [2.05, 4.69) is 20.2 Å². The van der Waals surface area contributed by atoms with Gasteiger partial charge in [0.1, 0.15) is 11.6 Å². The number of benzene rings is 1. The molecule has 1 N–H and O–H groups in total. The Balaban J connectivity index is 1.51. The van der Waals surface area contributed by atoms with Crippen molar-refractivity contribution < 1.29 is 9.47 Å². The maximum absolute atomic E-state index is 5.49. The normalized spacial score (nSPS) is 13.9. The molecule has 0 bridgehead atoms. The number of hydrogen-bond acceptors (Lipinski definition) is 8. The van der Waals surface area contributed by atoms with Gasteiger partial charge in [-0.25, -0.2) is 4.98 Å². The zero-order valence-electron chi connectivity index (χ0n) is 18.1. The summed E-state index contributed by atoms with van der Waals surface area (Å²) in [6.45, 7) is 4.82. The Kier molecular flexibility index (Phi) is 5.51. The lowest BCUT2D eigenvalue weighted by Gasteiger charge is -2.27. The number of methoxy groups -OCH3 is 1. The first kappa shape index (κ1) is 20.1. The van der Waals surface area contributed by atoms with Crippen molar-refractivity contribution in [3.63, 3.8) is 0 Å². The highest BCUT2D eigenvalue weighted by molar-refractivity contribution is 5.83. The van der Waals surface area contributed by atoms with Gasteiger partial charge in [0.2, 0.25) is 5.95 Å². The summed E-state index contributed by atoms with van der Waals surface area (Å²) < 4.78 is 10.8. The molecule has 0 unspecified atom stereocenters. The minimum absolute atomic E-state index is 0.667. The predicted molar refractivity (Wildman–Crippen MR) is 125 cm³/mol. The maximum Gasteiger partial charge on any atom is 0.228 e. The first-order chi connectivity index (χ1) is 15.7. The van der Waals surface area contributed by atoms with Crippen molar-refractivity contribution in [1.29, 1.82) is 0 Å². The van der Waals surface area contributed by atoms with Crippen LogP contribution in [0.15, 0.2) is 54.9 Å². The van der Waals surface area contributed by atoms with Gasteiger partial charge in [0.25, 0.3) is 0 Å². The van der Waals surface area contributed by atoms with Crippen LogP contribution in [0.1, 0.15) is 5.69 Å². The molecule has 32 heavy (non-hydrogen) atoms. The molecule has 162 valence electrons. The molecule has 1 aromatic carbocycles. The number of aryl methyl sites for hydroxylation is 1. The largest absolute Gasteiger partial charge is 0.497 e. The van der Waals surface area contributed by atoms with Gasteiger partial charge in [-0.1, -0.05) is 0 Å². The molecule has 1 aliphatic rings. The predicted octanol–water partition coefficient (Wildman–Crippen LogP) is 3.98. The molecule has 1 aliphatic heterocycles. The summed E-state index contributed by atoms with van der Waals surface area (Å²) >= 11 is 0. The van der Waals surface area contributed by atoms with E-state index in [9.17, 15) is 0 Å². The third-order valence-electron chi connectivity index (χ3n) is 5.38. The Labute approximate surface area is 186 Å². The Bertz CT molecular complexity index is 1240. The lowest BCUT2D eigenvalue weighted by molar-refractivity contribution is 0.122. The van der Waals surface area contributed by atoms with Crippen LogP contribution >= 0.6 is 0 Å². The van der Waals surface area contributed by atoms with Gasteiger partial charge >= 0.3 is 0 Å². The van der Waals surface area contributed by atoms with Crippen molar-refractivity contribution in [2.45, 2.75) is 6.92 Å². The van der Waals surface area contributed by atoms with Gasteiger partial charge in [-0.05, 0) is 37.3 Å². The average Bonchev–Trinajstić information content (AvgIpc) is 2.84. The van der Waals surface area contributed by atoms with Crippen molar-refractivity contribution in [3.8, 4) is 17.0 Å². The molecule has 8 heteroatoms. The number of morpholine rings is 1. The quantitative estimate of drug-likeness (QED) is 0.511. The Morgan fingerprint density at radius 3 is 2.62 bits per heavy atom. The molecule has 0 radical (unpaired) electrons. The number of nitrogens with zero attached hydrogens (tertiary/aromatic N) is 5. The second kappa shape index (κ2) is 8.76. The zero-order valence-corrected chi connectivity index (χ0v) is 18.1. The first-order valence-electron chi connectivity index (χ1n) is 10.5. The number of rotatable bonds is 5. The lowest BCUT2D eigenvalue weighted by atomic mass is 10.2. The topological polar surface area (TPSA) is 85.3 Å². The van der Waals surface area contributed by atoms with Crippen LogP contribution < -0.4 is 15.0 Å². The number of hydrogen-bond donors (Lipinski definition) is 1. The van der Waals surface area contributed by atoms with Gasteiger partial charge in [-0.15, -0.1) is 0 Å². The van der Waals surface area contributed by atoms with E-state index >= 15 is 0 Å². The van der Waals surface area contributed by atoms with Crippen LogP contribution in [-0.2, 0) is 4.74 Å². The van der Waals surface area contributed by atoms with Crippen molar-refractivity contribution in [2.24, 2.45) is 0 Å². The number of ether oxygens (including phenoxy) is 2. The molecule has 1 fully saturated rings. The Hall–Kier alpha value is -3.78.